The van der Waals surface area contributed by atoms with E-state index in [4.69, 9.17) is 14.2 Å². The highest BCUT2D eigenvalue weighted by Gasteiger charge is 2.46. The molecule has 1 amide bonds. The van der Waals surface area contributed by atoms with Gasteiger partial charge in [0.15, 0.2) is 0 Å². The molecule has 0 aromatic heterocycles. The van der Waals surface area contributed by atoms with Gasteiger partial charge in [-0.05, 0) is 49.2 Å². The number of aryl methyl sites for hydroxylation is 2. The number of alkyl halides is 3. The summed E-state index contributed by atoms with van der Waals surface area (Å²) in [4.78, 5) is 22.6. The van der Waals surface area contributed by atoms with Gasteiger partial charge in [0, 0.05) is 0 Å². The van der Waals surface area contributed by atoms with Crippen molar-refractivity contribution in [1.29, 1.82) is 0 Å². The van der Waals surface area contributed by atoms with E-state index in [0.29, 0.717) is 11.1 Å². The maximum Gasteiger partial charge on any atom is 0.471 e. The summed E-state index contributed by atoms with van der Waals surface area (Å²) in [5.74, 6) is -4.13. The number of carboxylic acids is 1. The molecule has 0 aliphatic rings. The summed E-state index contributed by atoms with van der Waals surface area (Å²) in [5.41, 5.74) is 1.42. The fraction of sp³-hybridized carbons (Fsp3) is 0.263. The second-order valence-electron chi connectivity index (χ2n) is 6.46. The molecule has 0 atom stereocenters. The fourth-order valence-corrected chi connectivity index (χ4v) is 4.15. The molecular formula is C19H19F3NO6P. The van der Waals surface area contributed by atoms with Crippen molar-refractivity contribution in [3.05, 3.63) is 59.7 Å². The first-order chi connectivity index (χ1) is 13.9. The quantitative estimate of drug-likeness (QED) is 0.606. The molecule has 0 bridgehead atoms. The van der Waals surface area contributed by atoms with Gasteiger partial charge in [-0.15, -0.1) is 0 Å². The van der Waals surface area contributed by atoms with Crippen LogP contribution in [0.3, 0.4) is 0 Å². The van der Waals surface area contributed by atoms with Gasteiger partial charge in [0.05, 0.1) is 0 Å². The highest BCUT2D eigenvalue weighted by atomic mass is 31.2. The lowest BCUT2D eigenvalue weighted by Gasteiger charge is -2.27. The van der Waals surface area contributed by atoms with Gasteiger partial charge >= 0.3 is 25.6 Å². The second kappa shape index (κ2) is 9.21. The predicted molar refractivity (Wildman–Crippen MR) is 101 cm³/mol. The van der Waals surface area contributed by atoms with E-state index in [1.807, 2.05) is 0 Å². The van der Waals surface area contributed by atoms with Crippen LogP contribution in [0.5, 0.6) is 11.5 Å². The summed E-state index contributed by atoms with van der Waals surface area (Å²) in [6.07, 6.45) is -6.59. The van der Waals surface area contributed by atoms with Crippen LogP contribution in [0.25, 0.3) is 0 Å². The molecule has 0 saturated heterocycles. The molecule has 0 unspecified atom stereocenters. The molecule has 0 aliphatic heterocycles. The van der Waals surface area contributed by atoms with E-state index in [9.17, 15) is 27.3 Å². The molecular weight excluding hydrogens is 426 g/mol. The van der Waals surface area contributed by atoms with Crippen LogP contribution >= 0.6 is 7.60 Å². The molecule has 0 heterocycles. The van der Waals surface area contributed by atoms with Crippen LogP contribution in [0.15, 0.2) is 48.5 Å². The van der Waals surface area contributed by atoms with Gasteiger partial charge in [-0.3, -0.25) is 9.59 Å². The summed E-state index contributed by atoms with van der Waals surface area (Å²) in [7, 11) is -4.50. The number of carbonyl (C=O) groups excluding carboxylic acids is 1. The molecule has 7 nitrogen and oxygen atoms in total. The first-order valence-corrected chi connectivity index (χ1v) is 10.3. The van der Waals surface area contributed by atoms with Crippen LogP contribution in [-0.2, 0) is 14.2 Å². The standard InChI is InChI=1S/C19H19F3NO6P/c1-13-5-3-7-15(9-13)28-30(27,29-16-8-4-6-14(2)10-16)12-23(11-17(24)25)18(26)19(20,21)22/h3-10H,11-12H2,1-2H3,(H,24,25). The van der Waals surface area contributed by atoms with Crippen LogP contribution in [-0.4, -0.2) is 40.9 Å². The topological polar surface area (TPSA) is 93.1 Å². The van der Waals surface area contributed by atoms with E-state index in [2.05, 4.69) is 0 Å². The number of halogens is 3. The van der Waals surface area contributed by atoms with Crippen molar-refractivity contribution in [2.24, 2.45) is 0 Å². The fourth-order valence-electron chi connectivity index (χ4n) is 2.48. The zero-order valence-electron chi connectivity index (χ0n) is 16.0. The second-order valence-corrected chi connectivity index (χ2v) is 8.33. The Balaban J connectivity index is 2.42. The zero-order chi connectivity index (χ0) is 22.5. The molecule has 1 N–H and O–H groups in total. The molecule has 30 heavy (non-hydrogen) atoms. The molecule has 2 rings (SSSR count). The molecule has 0 radical (unpaired) electrons. The number of aliphatic carboxylic acids is 1. The average Bonchev–Trinajstić information content (AvgIpc) is 2.59. The van der Waals surface area contributed by atoms with E-state index >= 15 is 0 Å². The third kappa shape index (κ3) is 6.81. The lowest BCUT2D eigenvalue weighted by molar-refractivity contribution is -0.185. The third-order valence-corrected chi connectivity index (χ3v) is 5.33. The number of hydrogen-bond acceptors (Lipinski definition) is 5. The monoisotopic (exact) mass is 445 g/mol. The Morgan fingerprint density at radius 1 is 1.00 bits per heavy atom. The van der Waals surface area contributed by atoms with Gasteiger partial charge in [-0.1, -0.05) is 24.3 Å². The lowest BCUT2D eigenvalue weighted by Crippen LogP contribution is -2.44. The highest BCUT2D eigenvalue weighted by molar-refractivity contribution is 7.54. The molecule has 2 aromatic carbocycles. The number of carbonyl (C=O) groups is 2. The van der Waals surface area contributed by atoms with Gasteiger partial charge in [0.2, 0.25) is 0 Å². The van der Waals surface area contributed by atoms with E-state index in [0.717, 1.165) is 0 Å². The van der Waals surface area contributed by atoms with Crippen molar-refractivity contribution >= 4 is 19.5 Å². The Bertz CT molecular complexity index is 927. The number of nitrogens with zero attached hydrogens (tertiary/aromatic N) is 1. The van der Waals surface area contributed by atoms with Gasteiger partial charge < -0.3 is 19.1 Å². The van der Waals surface area contributed by atoms with Crippen molar-refractivity contribution in [1.82, 2.24) is 4.90 Å². The van der Waals surface area contributed by atoms with Crippen LogP contribution in [0.2, 0.25) is 0 Å². The maximum atomic E-state index is 13.4. The number of hydrogen-bond donors (Lipinski definition) is 1. The lowest BCUT2D eigenvalue weighted by atomic mass is 10.2. The molecule has 0 spiro atoms. The first kappa shape index (κ1) is 23.3. The van der Waals surface area contributed by atoms with Gasteiger partial charge in [-0.2, -0.15) is 13.2 Å². The minimum absolute atomic E-state index is 0.0284. The normalized spacial score (nSPS) is 11.6. The zero-order valence-corrected chi connectivity index (χ0v) is 16.9. The summed E-state index contributed by atoms with van der Waals surface area (Å²) in [5, 5.41) is 8.92. The predicted octanol–water partition coefficient (Wildman–Crippen LogP) is 4.39. The molecule has 2 aromatic rings. The van der Waals surface area contributed by atoms with Gasteiger partial charge in [0.25, 0.3) is 0 Å². The third-order valence-electron chi connectivity index (χ3n) is 3.67. The average molecular weight is 445 g/mol. The van der Waals surface area contributed by atoms with Crippen molar-refractivity contribution in [2.45, 2.75) is 20.0 Å². The summed E-state index contributed by atoms with van der Waals surface area (Å²) < 4.78 is 62.9. The Morgan fingerprint density at radius 2 is 1.47 bits per heavy atom. The van der Waals surface area contributed by atoms with E-state index in [1.54, 1.807) is 38.1 Å². The Hall–Kier alpha value is -3.00. The largest absolute Gasteiger partial charge is 0.480 e. The Kier molecular flexibility index (Phi) is 7.15. The number of carboxylic acid groups (broad SMARTS) is 1. The highest BCUT2D eigenvalue weighted by Crippen LogP contribution is 2.49. The van der Waals surface area contributed by atoms with Crippen LogP contribution in [0, 0.1) is 13.8 Å². The number of rotatable bonds is 8. The SMILES string of the molecule is Cc1cccc(OP(=O)(CN(CC(=O)O)C(=O)C(F)(F)F)Oc2cccc(C)c2)c1. The van der Waals surface area contributed by atoms with Crippen molar-refractivity contribution in [3.8, 4) is 11.5 Å². The summed E-state index contributed by atoms with van der Waals surface area (Å²) >= 11 is 0. The first-order valence-electron chi connectivity index (χ1n) is 8.57. The molecule has 11 heteroatoms. The minimum Gasteiger partial charge on any atom is -0.480 e. The summed E-state index contributed by atoms with van der Waals surface area (Å²) in [6.45, 7) is 2.09. The van der Waals surface area contributed by atoms with E-state index in [-0.39, 0.29) is 16.4 Å². The molecule has 0 saturated carbocycles. The van der Waals surface area contributed by atoms with Gasteiger partial charge in [0.1, 0.15) is 24.3 Å². The van der Waals surface area contributed by atoms with Crippen LogP contribution < -0.4 is 9.05 Å². The smallest absolute Gasteiger partial charge is 0.471 e. The number of amides is 1. The van der Waals surface area contributed by atoms with Crippen LogP contribution in [0.4, 0.5) is 13.2 Å². The maximum absolute atomic E-state index is 13.4. The van der Waals surface area contributed by atoms with Crippen molar-refractivity contribution in [2.75, 3.05) is 12.8 Å². The Labute approximate surface area is 170 Å². The minimum atomic E-state index is -5.37. The van der Waals surface area contributed by atoms with Crippen molar-refractivity contribution in [3.63, 3.8) is 0 Å². The Morgan fingerprint density at radius 3 is 1.83 bits per heavy atom. The number of benzene rings is 2. The van der Waals surface area contributed by atoms with Crippen molar-refractivity contribution < 1.29 is 41.5 Å². The van der Waals surface area contributed by atoms with E-state index in [1.165, 1.54) is 24.3 Å². The molecule has 162 valence electrons. The van der Waals surface area contributed by atoms with Crippen LogP contribution in [0.1, 0.15) is 11.1 Å². The van der Waals surface area contributed by atoms with Gasteiger partial charge in [-0.25, -0.2) is 4.57 Å². The molecule has 0 fully saturated rings. The summed E-state index contributed by atoms with van der Waals surface area (Å²) in [6, 6.07) is 12.3. The van der Waals surface area contributed by atoms with E-state index < -0.39 is 38.5 Å². The molecule has 0 aliphatic carbocycles.